The molecule has 1 amide bonds. The van der Waals surface area contributed by atoms with E-state index < -0.39 is 22.0 Å². The summed E-state index contributed by atoms with van der Waals surface area (Å²) in [6, 6.07) is 19.5. The lowest BCUT2D eigenvalue weighted by molar-refractivity contribution is -0.119. The standard InChI is InChI=1S/C23H19BrN4O3S2/c24-18-10-7-16(8-11-18)22-26-27-23(32-22)25-21(29)20-6-3-13-28(20)33(30,31)19-12-9-15-4-1-2-5-17(15)14-19/h1-2,4-5,7-12,14,20H,3,6,13H2,(H,25,27,29). The largest absolute Gasteiger partial charge is 0.299 e. The highest BCUT2D eigenvalue weighted by molar-refractivity contribution is 9.10. The third-order valence-electron chi connectivity index (χ3n) is 5.58. The number of rotatable bonds is 5. The molecule has 4 aromatic rings. The molecule has 1 fully saturated rings. The van der Waals surface area contributed by atoms with E-state index in [9.17, 15) is 13.2 Å². The number of carbonyl (C=O) groups is 1. The van der Waals surface area contributed by atoms with Crippen LogP contribution in [0.25, 0.3) is 21.3 Å². The number of halogens is 1. The van der Waals surface area contributed by atoms with E-state index in [1.807, 2.05) is 48.5 Å². The molecule has 1 atom stereocenters. The summed E-state index contributed by atoms with van der Waals surface area (Å²) in [4.78, 5) is 13.2. The van der Waals surface area contributed by atoms with Gasteiger partial charge in [-0.2, -0.15) is 4.31 Å². The van der Waals surface area contributed by atoms with Crippen molar-refractivity contribution >= 4 is 59.1 Å². The molecule has 1 unspecified atom stereocenters. The molecule has 1 N–H and O–H groups in total. The van der Waals surface area contributed by atoms with E-state index in [-0.39, 0.29) is 4.90 Å². The molecule has 3 aromatic carbocycles. The van der Waals surface area contributed by atoms with E-state index >= 15 is 0 Å². The lowest BCUT2D eigenvalue weighted by Crippen LogP contribution is -2.43. The van der Waals surface area contributed by atoms with Gasteiger partial charge in [0.25, 0.3) is 0 Å². The average molecular weight is 543 g/mol. The third-order valence-corrected chi connectivity index (χ3v) is 8.90. The van der Waals surface area contributed by atoms with Crippen molar-refractivity contribution in [2.75, 3.05) is 11.9 Å². The summed E-state index contributed by atoms with van der Waals surface area (Å²) >= 11 is 4.65. The fraction of sp³-hybridized carbons (Fsp3) is 0.174. The van der Waals surface area contributed by atoms with Crippen LogP contribution in [-0.2, 0) is 14.8 Å². The molecule has 0 spiro atoms. The lowest BCUT2D eigenvalue weighted by Gasteiger charge is -2.23. The Morgan fingerprint density at radius 2 is 1.79 bits per heavy atom. The van der Waals surface area contributed by atoms with Crippen molar-refractivity contribution in [3.63, 3.8) is 0 Å². The molecule has 5 rings (SSSR count). The van der Waals surface area contributed by atoms with Crippen molar-refractivity contribution in [3.05, 3.63) is 71.2 Å². The summed E-state index contributed by atoms with van der Waals surface area (Å²) in [7, 11) is -3.82. The number of hydrogen-bond donors (Lipinski definition) is 1. The van der Waals surface area contributed by atoms with Gasteiger partial charge in [-0.1, -0.05) is 69.7 Å². The van der Waals surface area contributed by atoms with Crippen LogP contribution in [0.5, 0.6) is 0 Å². The molecule has 0 radical (unpaired) electrons. The van der Waals surface area contributed by atoms with Gasteiger partial charge < -0.3 is 0 Å². The molecule has 168 valence electrons. The summed E-state index contributed by atoms with van der Waals surface area (Å²) in [6.07, 6.45) is 1.07. The van der Waals surface area contributed by atoms with Crippen LogP contribution in [0.3, 0.4) is 0 Å². The van der Waals surface area contributed by atoms with Gasteiger partial charge in [0, 0.05) is 16.6 Å². The first-order valence-electron chi connectivity index (χ1n) is 10.3. The number of aromatic nitrogens is 2. The smallest absolute Gasteiger partial charge is 0.244 e. The number of amides is 1. The minimum absolute atomic E-state index is 0.189. The van der Waals surface area contributed by atoms with Gasteiger partial charge in [0.05, 0.1) is 4.90 Å². The predicted octanol–water partition coefficient (Wildman–Crippen LogP) is 4.91. The van der Waals surface area contributed by atoms with Crippen molar-refractivity contribution in [2.24, 2.45) is 0 Å². The summed E-state index contributed by atoms with van der Waals surface area (Å²) in [5.41, 5.74) is 0.887. The van der Waals surface area contributed by atoms with Crippen molar-refractivity contribution in [1.29, 1.82) is 0 Å². The molecule has 1 aliphatic heterocycles. The fourth-order valence-corrected chi connectivity index (χ4v) is 6.63. The number of sulfonamides is 1. The van der Waals surface area contributed by atoms with Gasteiger partial charge in [0.2, 0.25) is 21.1 Å². The van der Waals surface area contributed by atoms with Crippen LogP contribution in [0.4, 0.5) is 5.13 Å². The van der Waals surface area contributed by atoms with Crippen molar-refractivity contribution in [2.45, 2.75) is 23.8 Å². The third kappa shape index (κ3) is 4.43. The first-order chi connectivity index (χ1) is 15.9. The number of fused-ring (bicyclic) bond motifs is 1. The maximum atomic E-state index is 13.4. The Labute approximate surface area is 203 Å². The van der Waals surface area contributed by atoms with Crippen LogP contribution in [0.2, 0.25) is 0 Å². The normalized spacial score (nSPS) is 16.8. The van der Waals surface area contributed by atoms with Gasteiger partial charge in [0.1, 0.15) is 11.0 Å². The van der Waals surface area contributed by atoms with Crippen molar-refractivity contribution < 1.29 is 13.2 Å². The van der Waals surface area contributed by atoms with Crippen molar-refractivity contribution in [3.8, 4) is 10.6 Å². The van der Waals surface area contributed by atoms with Gasteiger partial charge in [-0.15, -0.1) is 10.2 Å². The summed E-state index contributed by atoms with van der Waals surface area (Å²) in [5, 5.41) is 13.8. The molecule has 1 aliphatic rings. The Kier molecular flexibility index (Phi) is 6.00. The van der Waals surface area contributed by atoms with Gasteiger partial charge in [0.15, 0.2) is 0 Å². The molecule has 1 aromatic heterocycles. The Balaban J connectivity index is 1.35. The second kappa shape index (κ2) is 8.94. The summed E-state index contributed by atoms with van der Waals surface area (Å²) in [6.45, 7) is 0.299. The molecule has 33 heavy (non-hydrogen) atoms. The minimum Gasteiger partial charge on any atom is -0.299 e. The monoisotopic (exact) mass is 542 g/mol. The minimum atomic E-state index is -3.82. The van der Waals surface area contributed by atoms with Gasteiger partial charge in [-0.3, -0.25) is 10.1 Å². The Morgan fingerprint density at radius 3 is 2.58 bits per heavy atom. The molecule has 0 saturated carbocycles. The number of nitrogens with one attached hydrogen (secondary N) is 1. The fourth-order valence-electron chi connectivity index (χ4n) is 3.92. The van der Waals surface area contributed by atoms with Gasteiger partial charge in [-0.25, -0.2) is 8.42 Å². The maximum Gasteiger partial charge on any atom is 0.244 e. The van der Waals surface area contributed by atoms with E-state index in [0.29, 0.717) is 29.5 Å². The SMILES string of the molecule is O=C(Nc1nnc(-c2ccc(Br)cc2)s1)C1CCCN1S(=O)(=O)c1ccc2ccccc2c1. The predicted molar refractivity (Wildman–Crippen MR) is 133 cm³/mol. The quantitative estimate of drug-likeness (QED) is 0.386. The maximum absolute atomic E-state index is 13.4. The molecule has 2 heterocycles. The molecule has 1 saturated heterocycles. The first-order valence-corrected chi connectivity index (χ1v) is 13.4. The van der Waals surface area contributed by atoms with E-state index in [1.165, 1.54) is 15.6 Å². The van der Waals surface area contributed by atoms with Crippen LogP contribution in [0.1, 0.15) is 12.8 Å². The van der Waals surface area contributed by atoms with Crippen LogP contribution in [0.15, 0.2) is 76.1 Å². The van der Waals surface area contributed by atoms with E-state index in [0.717, 1.165) is 20.8 Å². The Hall–Kier alpha value is -2.66. The highest BCUT2D eigenvalue weighted by Crippen LogP contribution is 2.31. The highest BCUT2D eigenvalue weighted by atomic mass is 79.9. The zero-order chi connectivity index (χ0) is 23.0. The number of carbonyl (C=O) groups excluding carboxylic acids is 1. The topological polar surface area (TPSA) is 92.3 Å². The summed E-state index contributed by atoms with van der Waals surface area (Å²) in [5.74, 6) is -0.393. The van der Waals surface area contributed by atoms with E-state index in [2.05, 4.69) is 31.4 Å². The zero-order valence-corrected chi connectivity index (χ0v) is 20.5. The number of hydrogen-bond acceptors (Lipinski definition) is 6. The number of benzene rings is 3. The molecule has 0 bridgehead atoms. The van der Waals surface area contributed by atoms with Crippen LogP contribution in [0, 0.1) is 0 Å². The molecule has 7 nitrogen and oxygen atoms in total. The molecule has 0 aliphatic carbocycles. The second-order valence-electron chi connectivity index (χ2n) is 7.69. The van der Waals surface area contributed by atoms with Crippen LogP contribution < -0.4 is 5.32 Å². The molecular formula is C23H19BrN4O3S2. The molecular weight excluding hydrogens is 524 g/mol. The summed E-state index contributed by atoms with van der Waals surface area (Å²) < 4.78 is 29.0. The molecule has 10 heteroatoms. The first kappa shape index (κ1) is 22.1. The van der Waals surface area contributed by atoms with Crippen molar-refractivity contribution in [1.82, 2.24) is 14.5 Å². The lowest BCUT2D eigenvalue weighted by atomic mass is 10.1. The number of anilines is 1. The van der Waals surface area contributed by atoms with E-state index in [1.54, 1.807) is 18.2 Å². The Morgan fingerprint density at radius 1 is 1.03 bits per heavy atom. The highest BCUT2D eigenvalue weighted by Gasteiger charge is 2.39. The zero-order valence-electron chi connectivity index (χ0n) is 17.3. The number of nitrogens with zero attached hydrogens (tertiary/aromatic N) is 3. The van der Waals surface area contributed by atoms with Crippen LogP contribution in [-0.4, -0.2) is 41.4 Å². The van der Waals surface area contributed by atoms with E-state index in [4.69, 9.17) is 0 Å². The van der Waals surface area contributed by atoms with Crippen LogP contribution >= 0.6 is 27.3 Å². The van der Waals surface area contributed by atoms with Gasteiger partial charge >= 0.3 is 0 Å². The van der Waals surface area contributed by atoms with Gasteiger partial charge in [-0.05, 0) is 47.9 Å². The average Bonchev–Trinajstić information content (AvgIpc) is 3.50. The Bertz CT molecular complexity index is 1440. The second-order valence-corrected chi connectivity index (χ2v) is 11.5.